The van der Waals surface area contributed by atoms with Crippen molar-refractivity contribution < 1.29 is 23.1 Å². The summed E-state index contributed by atoms with van der Waals surface area (Å²) in [7, 11) is -0.978. The highest BCUT2D eigenvalue weighted by Crippen LogP contribution is 2.29. The van der Waals surface area contributed by atoms with Crippen LogP contribution in [0.3, 0.4) is 0 Å². The quantitative estimate of drug-likeness (QED) is 0.835. The smallest absolute Gasteiger partial charge is 0.341 e. The number of ether oxygens (including phenoxy) is 1. The summed E-state index contributed by atoms with van der Waals surface area (Å²) in [4.78, 5) is 11.5. The topological polar surface area (TPSA) is 83.9 Å². The molecule has 0 saturated heterocycles. The zero-order valence-electron chi connectivity index (χ0n) is 12.1. The van der Waals surface area contributed by atoms with Crippen molar-refractivity contribution in [1.29, 1.82) is 0 Å². The molecule has 1 aliphatic rings. The van der Waals surface area contributed by atoms with Crippen LogP contribution in [0.15, 0.2) is 23.1 Å². The van der Waals surface area contributed by atoms with Crippen molar-refractivity contribution in [3.63, 3.8) is 0 Å². The zero-order chi connectivity index (χ0) is 15.6. The Kier molecular flexibility index (Phi) is 4.53. The number of carbonyl (C=O) groups is 1. The van der Waals surface area contributed by atoms with Crippen LogP contribution in [0.2, 0.25) is 0 Å². The molecular formula is C14H19NO5S. The Balaban J connectivity index is 2.28. The molecule has 1 aliphatic carbocycles. The van der Waals surface area contributed by atoms with E-state index in [2.05, 4.69) is 4.74 Å². The molecule has 0 unspecified atom stereocenters. The van der Waals surface area contributed by atoms with Crippen molar-refractivity contribution >= 4 is 16.0 Å². The van der Waals surface area contributed by atoms with Crippen LogP contribution >= 0.6 is 0 Å². The predicted molar refractivity (Wildman–Crippen MR) is 76.6 cm³/mol. The SMILES string of the molecule is COC(=O)c1cc(S(=O)(=O)N(C)CC2CCC2)ccc1O. The Bertz CT molecular complexity index is 637. The van der Waals surface area contributed by atoms with E-state index in [-0.39, 0.29) is 16.2 Å². The van der Waals surface area contributed by atoms with Gasteiger partial charge in [-0.2, -0.15) is 0 Å². The van der Waals surface area contributed by atoms with Gasteiger partial charge in [-0.3, -0.25) is 0 Å². The molecule has 0 spiro atoms. The first-order valence-electron chi connectivity index (χ1n) is 6.74. The Morgan fingerprint density at radius 3 is 2.62 bits per heavy atom. The van der Waals surface area contributed by atoms with Gasteiger partial charge >= 0.3 is 5.97 Å². The Morgan fingerprint density at radius 1 is 1.43 bits per heavy atom. The van der Waals surface area contributed by atoms with E-state index in [0.717, 1.165) is 25.3 Å². The van der Waals surface area contributed by atoms with Gasteiger partial charge in [0.15, 0.2) is 0 Å². The average molecular weight is 313 g/mol. The molecular weight excluding hydrogens is 294 g/mol. The van der Waals surface area contributed by atoms with E-state index in [1.165, 1.54) is 30.6 Å². The highest BCUT2D eigenvalue weighted by molar-refractivity contribution is 7.89. The van der Waals surface area contributed by atoms with Gasteiger partial charge in [-0.25, -0.2) is 17.5 Å². The van der Waals surface area contributed by atoms with E-state index >= 15 is 0 Å². The van der Waals surface area contributed by atoms with Gasteiger partial charge in [0, 0.05) is 13.6 Å². The second-order valence-electron chi connectivity index (χ2n) is 5.25. The molecule has 0 radical (unpaired) electrons. The first-order valence-corrected chi connectivity index (χ1v) is 8.18. The molecule has 0 heterocycles. The number of sulfonamides is 1. The lowest BCUT2D eigenvalue weighted by atomic mass is 9.86. The first-order chi connectivity index (χ1) is 9.86. The Labute approximate surface area is 124 Å². The number of hydrogen-bond donors (Lipinski definition) is 1. The number of hydrogen-bond acceptors (Lipinski definition) is 5. The minimum absolute atomic E-state index is 0.0254. The molecule has 1 aromatic carbocycles. The van der Waals surface area contributed by atoms with Gasteiger partial charge in [0.2, 0.25) is 10.0 Å². The van der Waals surface area contributed by atoms with Crippen LogP contribution in [0.1, 0.15) is 29.6 Å². The highest BCUT2D eigenvalue weighted by atomic mass is 32.2. The third-order valence-electron chi connectivity index (χ3n) is 3.82. The van der Waals surface area contributed by atoms with Crippen molar-refractivity contribution in [2.45, 2.75) is 24.2 Å². The van der Waals surface area contributed by atoms with Crippen molar-refractivity contribution in [3.05, 3.63) is 23.8 Å². The van der Waals surface area contributed by atoms with E-state index in [1.807, 2.05) is 0 Å². The first kappa shape index (κ1) is 15.8. The number of phenolic OH excluding ortho intramolecular Hbond substituents is 1. The normalized spacial score (nSPS) is 15.8. The van der Waals surface area contributed by atoms with Gasteiger partial charge in [0.25, 0.3) is 0 Å². The van der Waals surface area contributed by atoms with Crippen LogP contribution < -0.4 is 0 Å². The number of rotatable bonds is 5. The Morgan fingerprint density at radius 2 is 2.10 bits per heavy atom. The number of esters is 1. The molecule has 21 heavy (non-hydrogen) atoms. The van der Waals surface area contributed by atoms with Crippen LogP contribution in [0.25, 0.3) is 0 Å². The number of phenols is 1. The maximum Gasteiger partial charge on any atom is 0.341 e. The number of methoxy groups -OCH3 is 1. The molecule has 6 nitrogen and oxygen atoms in total. The van der Waals surface area contributed by atoms with Crippen molar-refractivity contribution in [1.82, 2.24) is 4.31 Å². The monoisotopic (exact) mass is 313 g/mol. The number of nitrogens with zero attached hydrogens (tertiary/aromatic N) is 1. The lowest BCUT2D eigenvalue weighted by Gasteiger charge is -2.29. The van der Waals surface area contributed by atoms with Gasteiger partial charge in [-0.05, 0) is 37.0 Å². The fraction of sp³-hybridized carbons (Fsp3) is 0.500. The fourth-order valence-corrected chi connectivity index (χ4v) is 3.54. The molecule has 2 rings (SSSR count). The van der Waals surface area contributed by atoms with Crippen molar-refractivity contribution in [2.75, 3.05) is 20.7 Å². The fourth-order valence-electron chi connectivity index (χ4n) is 2.27. The standard InChI is InChI=1S/C14H19NO5S/c1-15(9-10-4-3-5-10)21(18,19)11-6-7-13(16)12(8-11)14(17)20-2/h6-8,10,16H,3-5,9H2,1-2H3. The van der Waals surface area contributed by atoms with Gasteiger partial charge in [-0.1, -0.05) is 6.42 Å². The zero-order valence-corrected chi connectivity index (χ0v) is 12.9. The van der Waals surface area contributed by atoms with Gasteiger partial charge in [-0.15, -0.1) is 0 Å². The molecule has 116 valence electrons. The number of benzene rings is 1. The lowest BCUT2D eigenvalue weighted by Crippen LogP contribution is -2.34. The summed E-state index contributed by atoms with van der Waals surface area (Å²) in [6.45, 7) is 0.469. The molecule has 1 aromatic rings. The van der Waals surface area contributed by atoms with Gasteiger partial charge in [0.05, 0.1) is 12.0 Å². The molecule has 1 N–H and O–H groups in total. The summed E-state index contributed by atoms with van der Waals surface area (Å²) < 4.78 is 30.8. The predicted octanol–water partition coefficient (Wildman–Crippen LogP) is 1.60. The molecule has 0 amide bonds. The van der Waals surface area contributed by atoms with Crippen LogP contribution in [0.4, 0.5) is 0 Å². The molecule has 7 heteroatoms. The summed E-state index contributed by atoms with van der Waals surface area (Å²) in [6.07, 6.45) is 3.23. The number of carbonyl (C=O) groups excluding carboxylic acids is 1. The average Bonchev–Trinajstić information content (AvgIpc) is 2.41. The molecule has 0 bridgehead atoms. The summed E-state index contributed by atoms with van der Waals surface area (Å²) in [5.41, 5.74) is -0.157. The van der Waals surface area contributed by atoms with Crippen molar-refractivity contribution in [3.8, 4) is 5.75 Å². The van der Waals surface area contributed by atoms with E-state index in [4.69, 9.17) is 0 Å². The summed E-state index contributed by atoms with van der Waals surface area (Å²) in [5, 5.41) is 9.62. The van der Waals surface area contributed by atoms with Crippen LogP contribution in [0.5, 0.6) is 5.75 Å². The second kappa shape index (κ2) is 6.03. The maximum atomic E-state index is 12.5. The van der Waals surface area contributed by atoms with E-state index in [0.29, 0.717) is 12.5 Å². The van der Waals surface area contributed by atoms with Crippen molar-refractivity contribution in [2.24, 2.45) is 5.92 Å². The molecule has 0 aromatic heterocycles. The van der Waals surface area contributed by atoms with E-state index in [9.17, 15) is 18.3 Å². The largest absolute Gasteiger partial charge is 0.507 e. The minimum atomic E-state index is -3.68. The lowest BCUT2D eigenvalue weighted by molar-refractivity contribution is 0.0597. The third kappa shape index (κ3) is 3.19. The number of aromatic hydroxyl groups is 1. The minimum Gasteiger partial charge on any atom is -0.507 e. The van der Waals surface area contributed by atoms with E-state index in [1.54, 1.807) is 0 Å². The molecule has 1 saturated carbocycles. The van der Waals surface area contributed by atoms with E-state index < -0.39 is 16.0 Å². The second-order valence-corrected chi connectivity index (χ2v) is 7.30. The molecule has 0 atom stereocenters. The van der Waals surface area contributed by atoms with Crippen LogP contribution in [-0.4, -0.2) is 44.5 Å². The van der Waals surface area contributed by atoms with Crippen LogP contribution in [0, 0.1) is 5.92 Å². The summed E-state index contributed by atoms with van der Waals surface area (Å²) in [5.74, 6) is -0.671. The van der Waals surface area contributed by atoms with Crippen LogP contribution in [-0.2, 0) is 14.8 Å². The van der Waals surface area contributed by atoms with Gasteiger partial charge in [0.1, 0.15) is 11.3 Å². The molecule has 0 aliphatic heterocycles. The summed E-state index contributed by atoms with van der Waals surface area (Å²) in [6, 6.07) is 3.62. The summed E-state index contributed by atoms with van der Waals surface area (Å²) >= 11 is 0. The highest BCUT2D eigenvalue weighted by Gasteiger charge is 2.28. The van der Waals surface area contributed by atoms with Gasteiger partial charge < -0.3 is 9.84 Å². The maximum absolute atomic E-state index is 12.5. The Hall–Kier alpha value is -1.60. The third-order valence-corrected chi connectivity index (χ3v) is 5.64. The molecule has 1 fully saturated rings.